The molecule has 0 radical (unpaired) electrons. The summed E-state index contributed by atoms with van der Waals surface area (Å²) in [6.07, 6.45) is 6.47. The summed E-state index contributed by atoms with van der Waals surface area (Å²) >= 11 is 5.92. The average Bonchev–Trinajstić information content (AvgIpc) is 2.79. The van der Waals surface area contributed by atoms with Crippen LogP contribution >= 0.6 is 11.6 Å². The smallest absolute Gasteiger partial charge is 0.272 e. The van der Waals surface area contributed by atoms with Gasteiger partial charge in [-0.1, -0.05) is 48.7 Å². The van der Waals surface area contributed by atoms with E-state index in [0.29, 0.717) is 17.3 Å². The predicted molar refractivity (Wildman–Crippen MR) is 119 cm³/mol. The Kier molecular flexibility index (Phi) is 6.30. The number of hydrogen-bond acceptors (Lipinski definition) is 4. The Bertz CT molecular complexity index is 1040. The van der Waals surface area contributed by atoms with Gasteiger partial charge in [-0.2, -0.15) is 0 Å². The monoisotopic (exact) mass is 423 g/mol. The molecule has 1 aromatic carbocycles. The van der Waals surface area contributed by atoms with Crippen LogP contribution in [-0.4, -0.2) is 45.6 Å². The van der Waals surface area contributed by atoms with Gasteiger partial charge in [-0.15, -0.1) is 0 Å². The van der Waals surface area contributed by atoms with E-state index in [9.17, 15) is 9.90 Å². The Morgan fingerprint density at radius 3 is 2.77 bits per heavy atom. The molecule has 1 N–H and O–H groups in total. The molecule has 1 aliphatic rings. The number of carbonyl (C=O) groups excluding carboxylic acids is 1. The standard InChI is InChI=1S/C24H26ClN3O2/c1-28(22-9-5-2-6-17(22)15-29)24(30)21-13-18(12-16-10-11-23(25)26-14-16)19-7-3-4-8-20(19)27-21/h3-4,7-8,10-11,13-14,17,22,29H,2,5-6,9,12,15H2,1H3. The molecule has 5 nitrogen and oxygen atoms in total. The Morgan fingerprint density at radius 1 is 1.20 bits per heavy atom. The number of rotatable bonds is 5. The maximum absolute atomic E-state index is 13.4. The molecule has 1 amide bonds. The molecule has 30 heavy (non-hydrogen) atoms. The Morgan fingerprint density at radius 2 is 2.00 bits per heavy atom. The highest BCUT2D eigenvalue weighted by Gasteiger charge is 2.31. The molecule has 2 unspecified atom stereocenters. The zero-order valence-electron chi connectivity index (χ0n) is 17.1. The van der Waals surface area contributed by atoms with Crippen LogP contribution in [0.25, 0.3) is 10.9 Å². The van der Waals surface area contributed by atoms with Crippen molar-refractivity contribution < 1.29 is 9.90 Å². The van der Waals surface area contributed by atoms with Crippen LogP contribution in [0.5, 0.6) is 0 Å². The number of carbonyl (C=O) groups is 1. The van der Waals surface area contributed by atoms with E-state index >= 15 is 0 Å². The lowest BCUT2D eigenvalue weighted by molar-refractivity contribution is 0.0513. The largest absolute Gasteiger partial charge is 0.396 e. The second-order valence-corrected chi connectivity index (χ2v) is 8.45. The van der Waals surface area contributed by atoms with E-state index in [1.165, 1.54) is 0 Å². The van der Waals surface area contributed by atoms with E-state index in [4.69, 9.17) is 11.6 Å². The minimum absolute atomic E-state index is 0.0495. The van der Waals surface area contributed by atoms with E-state index in [1.807, 2.05) is 43.4 Å². The van der Waals surface area contributed by atoms with Gasteiger partial charge in [0.1, 0.15) is 10.8 Å². The van der Waals surface area contributed by atoms with E-state index in [0.717, 1.165) is 47.7 Å². The van der Waals surface area contributed by atoms with Crippen LogP contribution in [0, 0.1) is 5.92 Å². The van der Waals surface area contributed by atoms with Crippen LogP contribution in [0.2, 0.25) is 5.15 Å². The number of halogens is 1. The van der Waals surface area contributed by atoms with Crippen molar-refractivity contribution in [1.29, 1.82) is 0 Å². The number of amides is 1. The van der Waals surface area contributed by atoms with Crippen molar-refractivity contribution in [3.05, 3.63) is 70.6 Å². The molecule has 2 atom stereocenters. The number of benzene rings is 1. The first-order valence-corrected chi connectivity index (χ1v) is 10.8. The van der Waals surface area contributed by atoms with Crippen LogP contribution in [-0.2, 0) is 6.42 Å². The summed E-state index contributed by atoms with van der Waals surface area (Å²) in [7, 11) is 1.83. The number of aromatic nitrogens is 2. The van der Waals surface area contributed by atoms with Crippen LogP contribution in [0.3, 0.4) is 0 Å². The zero-order chi connectivity index (χ0) is 21.1. The van der Waals surface area contributed by atoms with Gasteiger partial charge in [0, 0.05) is 37.2 Å². The Hall–Kier alpha value is -2.50. The van der Waals surface area contributed by atoms with Crippen LogP contribution in [0.4, 0.5) is 0 Å². The molecule has 1 fully saturated rings. The van der Waals surface area contributed by atoms with Crippen molar-refractivity contribution in [2.45, 2.75) is 38.1 Å². The van der Waals surface area contributed by atoms with Crippen molar-refractivity contribution >= 4 is 28.4 Å². The predicted octanol–water partition coefficient (Wildman–Crippen LogP) is 4.50. The van der Waals surface area contributed by atoms with Crippen LogP contribution in [0.1, 0.15) is 47.3 Å². The lowest BCUT2D eigenvalue weighted by atomic mass is 9.84. The molecule has 0 spiro atoms. The summed E-state index contributed by atoms with van der Waals surface area (Å²) in [5.74, 6) is 0.0364. The van der Waals surface area contributed by atoms with Crippen molar-refractivity contribution in [2.24, 2.45) is 5.92 Å². The molecular weight excluding hydrogens is 398 g/mol. The molecule has 156 valence electrons. The number of para-hydroxylation sites is 1. The third-order valence-electron chi connectivity index (χ3n) is 6.13. The summed E-state index contributed by atoms with van der Waals surface area (Å²) in [6, 6.07) is 13.6. The van der Waals surface area contributed by atoms with Crippen molar-refractivity contribution in [1.82, 2.24) is 14.9 Å². The number of aliphatic hydroxyl groups is 1. The van der Waals surface area contributed by atoms with Gasteiger partial charge in [-0.3, -0.25) is 4.79 Å². The van der Waals surface area contributed by atoms with Crippen LogP contribution in [0.15, 0.2) is 48.7 Å². The van der Waals surface area contributed by atoms with Crippen molar-refractivity contribution in [2.75, 3.05) is 13.7 Å². The quantitative estimate of drug-likeness (QED) is 0.613. The molecule has 1 saturated carbocycles. The first-order chi connectivity index (χ1) is 14.6. The zero-order valence-corrected chi connectivity index (χ0v) is 17.8. The first-order valence-electron chi connectivity index (χ1n) is 10.4. The third-order valence-corrected chi connectivity index (χ3v) is 6.35. The second kappa shape index (κ2) is 9.11. The Labute approximate surface area is 181 Å². The van der Waals surface area contributed by atoms with Crippen molar-refractivity contribution in [3.63, 3.8) is 0 Å². The van der Waals surface area contributed by atoms with Gasteiger partial charge in [0.05, 0.1) is 5.52 Å². The number of hydrogen-bond donors (Lipinski definition) is 1. The van der Waals surface area contributed by atoms with Gasteiger partial charge >= 0.3 is 0 Å². The molecule has 6 heteroatoms. The first kappa shape index (κ1) is 20.8. The van der Waals surface area contributed by atoms with E-state index in [-0.39, 0.29) is 24.5 Å². The summed E-state index contributed by atoms with van der Waals surface area (Å²) in [5.41, 5.74) is 3.30. The average molecular weight is 424 g/mol. The van der Waals surface area contributed by atoms with Gasteiger partial charge in [0.2, 0.25) is 0 Å². The summed E-state index contributed by atoms with van der Waals surface area (Å²) in [6.45, 7) is 0.113. The highest BCUT2D eigenvalue weighted by molar-refractivity contribution is 6.29. The highest BCUT2D eigenvalue weighted by Crippen LogP contribution is 2.29. The summed E-state index contributed by atoms with van der Waals surface area (Å²) in [4.78, 5) is 24.0. The molecular formula is C24H26ClN3O2. The van der Waals surface area contributed by atoms with Gasteiger partial charge < -0.3 is 10.0 Å². The van der Waals surface area contributed by atoms with E-state index in [2.05, 4.69) is 9.97 Å². The molecule has 4 rings (SSSR count). The van der Waals surface area contributed by atoms with Gasteiger partial charge in [0.25, 0.3) is 5.91 Å². The highest BCUT2D eigenvalue weighted by atomic mass is 35.5. The number of pyridine rings is 2. The van der Waals surface area contributed by atoms with E-state index < -0.39 is 0 Å². The molecule has 2 heterocycles. The SMILES string of the molecule is CN(C(=O)c1cc(Cc2ccc(Cl)nc2)c2ccccc2n1)C1CCCCC1CO. The van der Waals surface area contributed by atoms with Gasteiger partial charge in [-0.05, 0) is 48.6 Å². The Balaban J connectivity index is 1.68. The van der Waals surface area contributed by atoms with Crippen LogP contribution < -0.4 is 0 Å². The molecule has 0 saturated heterocycles. The lowest BCUT2D eigenvalue weighted by Gasteiger charge is -2.37. The molecule has 0 bridgehead atoms. The van der Waals surface area contributed by atoms with E-state index in [1.54, 1.807) is 17.2 Å². The maximum atomic E-state index is 13.4. The minimum Gasteiger partial charge on any atom is -0.396 e. The molecule has 2 aromatic heterocycles. The van der Waals surface area contributed by atoms with Gasteiger partial charge in [-0.25, -0.2) is 9.97 Å². The lowest BCUT2D eigenvalue weighted by Crippen LogP contribution is -2.45. The molecule has 1 aliphatic carbocycles. The fourth-order valence-electron chi connectivity index (χ4n) is 4.48. The maximum Gasteiger partial charge on any atom is 0.272 e. The number of aliphatic hydroxyl groups excluding tert-OH is 1. The van der Waals surface area contributed by atoms with Gasteiger partial charge in [0.15, 0.2) is 0 Å². The summed E-state index contributed by atoms with van der Waals surface area (Å²) < 4.78 is 0. The minimum atomic E-state index is -0.0958. The number of fused-ring (bicyclic) bond motifs is 1. The summed E-state index contributed by atoms with van der Waals surface area (Å²) in [5, 5.41) is 11.2. The third kappa shape index (κ3) is 4.32. The number of nitrogens with zero attached hydrogens (tertiary/aromatic N) is 3. The normalized spacial score (nSPS) is 19.0. The molecule has 0 aliphatic heterocycles. The van der Waals surface area contributed by atoms with Crippen molar-refractivity contribution in [3.8, 4) is 0 Å². The second-order valence-electron chi connectivity index (χ2n) is 8.06. The topological polar surface area (TPSA) is 66.3 Å². The fourth-order valence-corrected chi connectivity index (χ4v) is 4.59. The fraction of sp³-hybridized carbons (Fsp3) is 0.375. The molecule has 3 aromatic rings.